The molecule has 140 valence electrons. The average molecular weight is 360 g/mol. The van der Waals surface area contributed by atoms with E-state index in [2.05, 4.69) is 11.0 Å². The number of nitrogens with zero attached hydrogens (tertiary/aromatic N) is 2. The lowest BCUT2D eigenvalue weighted by Crippen LogP contribution is -2.39. The molecule has 1 aromatic rings. The summed E-state index contributed by atoms with van der Waals surface area (Å²) in [5.74, 6) is -1.18. The summed E-state index contributed by atoms with van der Waals surface area (Å²) in [5, 5.41) is 0. The lowest BCUT2D eigenvalue weighted by atomic mass is 10.1. The summed E-state index contributed by atoms with van der Waals surface area (Å²) in [5.41, 5.74) is 2.20. The van der Waals surface area contributed by atoms with Crippen molar-refractivity contribution in [3.63, 3.8) is 0 Å². The molecular weight excluding hydrogens is 336 g/mol. The van der Waals surface area contributed by atoms with Gasteiger partial charge in [0.25, 0.3) is 0 Å². The number of carbonyl (C=O) groups is 2. The fourth-order valence-corrected chi connectivity index (χ4v) is 3.36. The summed E-state index contributed by atoms with van der Waals surface area (Å²) < 4.78 is 15.2. The van der Waals surface area contributed by atoms with Crippen LogP contribution in [0, 0.1) is 0 Å². The van der Waals surface area contributed by atoms with Crippen molar-refractivity contribution in [2.45, 2.75) is 19.3 Å². The normalized spacial score (nSPS) is 17.9. The van der Waals surface area contributed by atoms with Crippen LogP contribution in [-0.2, 0) is 23.8 Å². The van der Waals surface area contributed by atoms with Crippen LogP contribution in [0.1, 0.15) is 19.3 Å². The van der Waals surface area contributed by atoms with Gasteiger partial charge < -0.3 is 24.0 Å². The maximum Gasteiger partial charge on any atom is 0.355 e. The van der Waals surface area contributed by atoms with Crippen molar-refractivity contribution in [1.29, 1.82) is 0 Å². The van der Waals surface area contributed by atoms with Crippen molar-refractivity contribution in [2.24, 2.45) is 0 Å². The summed E-state index contributed by atoms with van der Waals surface area (Å²) in [7, 11) is 2.57. The molecule has 7 heteroatoms. The Balaban J connectivity index is 1.98. The monoisotopic (exact) mass is 360 g/mol. The van der Waals surface area contributed by atoms with Crippen LogP contribution in [0.3, 0.4) is 0 Å². The molecule has 0 radical (unpaired) electrons. The number of methoxy groups -OCH3 is 2. The zero-order valence-corrected chi connectivity index (χ0v) is 15.2. The molecule has 2 aliphatic heterocycles. The molecule has 7 nitrogen and oxygen atoms in total. The van der Waals surface area contributed by atoms with E-state index in [0.29, 0.717) is 0 Å². The van der Waals surface area contributed by atoms with E-state index in [1.54, 1.807) is 4.90 Å². The van der Waals surface area contributed by atoms with Crippen LogP contribution in [0.2, 0.25) is 0 Å². The van der Waals surface area contributed by atoms with Crippen LogP contribution in [0.15, 0.2) is 35.5 Å². The van der Waals surface area contributed by atoms with Crippen LogP contribution in [0.4, 0.5) is 11.4 Å². The van der Waals surface area contributed by atoms with Crippen molar-refractivity contribution >= 4 is 23.3 Å². The second kappa shape index (κ2) is 8.23. The van der Waals surface area contributed by atoms with Gasteiger partial charge in [0.2, 0.25) is 0 Å². The molecule has 0 N–H and O–H groups in total. The number of rotatable bonds is 4. The van der Waals surface area contributed by atoms with Crippen molar-refractivity contribution in [1.82, 2.24) is 0 Å². The standard InChI is InChI=1S/C19H24N2O5/c1-24-18(22)16-12-26-13-21(17(16)19(23)25-2)15-8-6-7-14(11-15)20-9-4-3-5-10-20/h6-8,11H,3-5,9-10,12-13H2,1-2H3. The van der Waals surface area contributed by atoms with E-state index in [1.807, 2.05) is 18.2 Å². The van der Waals surface area contributed by atoms with Gasteiger partial charge in [-0.1, -0.05) is 6.07 Å². The number of anilines is 2. The predicted molar refractivity (Wildman–Crippen MR) is 96.9 cm³/mol. The highest BCUT2D eigenvalue weighted by molar-refractivity contribution is 6.03. The molecule has 1 saturated heterocycles. The van der Waals surface area contributed by atoms with Crippen LogP contribution in [-0.4, -0.2) is 52.6 Å². The van der Waals surface area contributed by atoms with Crippen LogP contribution < -0.4 is 9.80 Å². The minimum Gasteiger partial charge on any atom is -0.466 e. The largest absolute Gasteiger partial charge is 0.466 e. The molecule has 0 bridgehead atoms. The van der Waals surface area contributed by atoms with E-state index in [1.165, 1.54) is 33.5 Å². The molecule has 0 aliphatic carbocycles. The van der Waals surface area contributed by atoms with E-state index >= 15 is 0 Å². The van der Waals surface area contributed by atoms with Gasteiger partial charge >= 0.3 is 11.9 Å². The third kappa shape index (κ3) is 3.67. The molecule has 0 atom stereocenters. The number of hydrogen-bond donors (Lipinski definition) is 0. The van der Waals surface area contributed by atoms with Crippen molar-refractivity contribution in [3.8, 4) is 0 Å². The Morgan fingerprint density at radius 1 is 1.00 bits per heavy atom. The van der Waals surface area contributed by atoms with E-state index in [4.69, 9.17) is 14.2 Å². The fourth-order valence-electron chi connectivity index (χ4n) is 3.36. The lowest BCUT2D eigenvalue weighted by molar-refractivity contribution is -0.140. The van der Waals surface area contributed by atoms with Gasteiger partial charge in [-0.25, -0.2) is 9.59 Å². The summed E-state index contributed by atoms with van der Waals surface area (Å²) in [4.78, 5) is 28.5. The van der Waals surface area contributed by atoms with Crippen LogP contribution >= 0.6 is 0 Å². The molecule has 3 rings (SSSR count). The summed E-state index contributed by atoms with van der Waals surface area (Å²) in [6.07, 6.45) is 3.61. The SMILES string of the molecule is COC(=O)C1=C(C(=O)OC)N(c2cccc(N3CCCCC3)c2)COC1. The first-order valence-electron chi connectivity index (χ1n) is 8.75. The van der Waals surface area contributed by atoms with Gasteiger partial charge in [-0.15, -0.1) is 0 Å². The molecule has 2 aliphatic rings. The molecule has 2 heterocycles. The van der Waals surface area contributed by atoms with Crippen LogP contribution in [0.25, 0.3) is 0 Å². The van der Waals surface area contributed by atoms with Gasteiger partial charge in [0.05, 0.1) is 26.4 Å². The van der Waals surface area contributed by atoms with Crippen molar-refractivity contribution < 1.29 is 23.8 Å². The van der Waals surface area contributed by atoms with Gasteiger partial charge in [-0.3, -0.25) is 0 Å². The third-order valence-corrected chi connectivity index (χ3v) is 4.70. The van der Waals surface area contributed by atoms with E-state index in [0.717, 1.165) is 24.5 Å². The first kappa shape index (κ1) is 18.3. The number of carbonyl (C=O) groups excluding carboxylic acids is 2. The van der Waals surface area contributed by atoms with Gasteiger partial charge in [0, 0.05) is 24.5 Å². The molecule has 26 heavy (non-hydrogen) atoms. The van der Waals surface area contributed by atoms with Gasteiger partial charge in [-0.2, -0.15) is 0 Å². The second-order valence-corrected chi connectivity index (χ2v) is 6.28. The minimum absolute atomic E-state index is 0.0133. The number of hydrogen-bond acceptors (Lipinski definition) is 7. The molecule has 1 fully saturated rings. The maximum absolute atomic E-state index is 12.4. The predicted octanol–water partition coefficient (Wildman–Crippen LogP) is 2.07. The Bertz CT molecular complexity index is 710. The van der Waals surface area contributed by atoms with Crippen molar-refractivity contribution in [3.05, 3.63) is 35.5 Å². The summed E-state index contributed by atoms with van der Waals surface area (Å²) in [6.45, 7) is 2.22. The maximum atomic E-state index is 12.4. The topological polar surface area (TPSA) is 68.3 Å². The molecule has 0 saturated carbocycles. The Morgan fingerprint density at radius 3 is 2.38 bits per heavy atom. The lowest BCUT2D eigenvalue weighted by Gasteiger charge is -2.33. The van der Waals surface area contributed by atoms with E-state index in [-0.39, 0.29) is 24.6 Å². The highest BCUT2D eigenvalue weighted by atomic mass is 16.5. The highest BCUT2D eigenvalue weighted by Crippen LogP contribution is 2.30. The van der Waals surface area contributed by atoms with Gasteiger partial charge in [-0.05, 0) is 37.5 Å². The number of piperidine rings is 1. The number of ether oxygens (including phenoxy) is 3. The van der Waals surface area contributed by atoms with Crippen LogP contribution in [0.5, 0.6) is 0 Å². The minimum atomic E-state index is -0.595. The first-order valence-corrected chi connectivity index (χ1v) is 8.75. The average Bonchev–Trinajstić information content (AvgIpc) is 2.72. The Kier molecular flexibility index (Phi) is 5.78. The zero-order valence-electron chi connectivity index (χ0n) is 15.2. The Hall–Kier alpha value is -2.54. The second-order valence-electron chi connectivity index (χ2n) is 6.28. The van der Waals surface area contributed by atoms with E-state index in [9.17, 15) is 9.59 Å². The molecule has 0 amide bonds. The van der Waals surface area contributed by atoms with Gasteiger partial charge in [0.1, 0.15) is 12.4 Å². The van der Waals surface area contributed by atoms with Gasteiger partial charge in [0.15, 0.2) is 0 Å². The zero-order chi connectivity index (χ0) is 18.5. The molecule has 1 aromatic carbocycles. The summed E-state index contributed by atoms with van der Waals surface area (Å²) in [6, 6.07) is 7.90. The fraction of sp³-hybridized carbons (Fsp3) is 0.474. The van der Waals surface area contributed by atoms with E-state index < -0.39 is 11.9 Å². The molecule has 0 unspecified atom stereocenters. The molecule has 0 aromatic heterocycles. The Labute approximate surface area is 153 Å². The third-order valence-electron chi connectivity index (χ3n) is 4.70. The number of esters is 2. The molecular formula is C19H24N2O5. The highest BCUT2D eigenvalue weighted by Gasteiger charge is 2.32. The summed E-state index contributed by atoms with van der Waals surface area (Å²) >= 11 is 0. The Morgan fingerprint density at radius 2 is 1.69 bits per heavy atom. The first-order chi connectivity index (χ1) is 12.7. The van der Waals surface area contributed by atoms with Crippen molar-refractivity contribution in [2.75, 3.05) is 50.4 Å². The molecule has 0 spiro atoms. The quantitative estimate of drug-likeness (QED) is 0.762. The smallest absolute Gasteiger partial charge is 0.355 e. The number of benzene rings is 1.